The first-order chi connectivity index (χ1) is 13.9. The summed E-state index contributed by atoms with van der Waals surface area (Å²) in [4.78, 5) is 15.4. The summed E-state index contributed by atoms with van der Waals surface area (Å²) in [5.74, 6) is 1.52. The lowest BCUT2D eigenvalue weighted by atomic mass is 10.0. The maximum absolute atomic E-state index is 11.2. The molecule has 0 aliphatic rings. The van der Waals surface area contributed by atoms with Gasteiger partial charge in [0.15, 0.2) is 5.76 Å². The van der Waals surface area contributed by atoms with Crippen LogP contribution in [0.3, 0.4) is 0 Å². The number of rotatable bonds is 8. The smallest absolute Gasteiger partial charge is 0.404 e. The Labute approximate surface area is 169 Å². The molecule has 0 spiro atoms. The van der Waals surface area contributed by atoms with Gasteiger partial charge in [-0.2, -0.15) is 0 Å². The van der Waals surface area contributed by atoms with Crippen LogP contribution in [0.1, 0.15) is 26.0 Å². The highest BCUT2D eigenvalue weighted by Crippen LogP contribution is 2.34. The molecule has 29 heavy (non-hydrogen) atoms. The van der Waals surface area contributed by atoms with Gasteiger partial charge in [0.25, 0.3) is 0 Å². The van der Waals surface area contributed by atoms with Crippen LogP contribution in [0, 0.1) is 12.8 Å². The molecule has 0 saturated heterocycles. The number of aryl methyl sites for hydroxylation is 1. The zero-order valence-electron chi connectivity index (χ0n) is 16.8. The number of benzene rings is 1. The minimum atomic E-state index is -0.807. The second-order valence-corrected chi connectivity index (χ2v) is 7.27. The number of pyridine rings is 1. The third kappa shape index (κ3) is 5.57. The summed E-state index contributed by atoms with van der Waals surface area (Å²) in [5, 5.41) is 3.80. The van der Waals surface area contributed by atoms with E-state index in [4.69, 9.17) is 19.7 Å². The Morgan fingerprint density at radius 1 is 1.14 bits per heavy atom. The van der Waals surface area contributed by atoms with Gasteiger partial charge in [-0.05, 0) is 54.7 Å². The third-order valence-corrected chi connectivity index (χ3v) is 4.35. The van der Waals surface area contributed by atoms with Crippen molar-refractivity contribution in [1.29, 1.82) is 0 Å². The molecule has 1 amide bonds. The standard InChI is InChI=1S/C22H25N3O4/c1-14(2)10-18(28-22(23)26)13-27-20-5-4-16(17-6-8-24-15(3)11-17)12-19(20)21-7-9-25-29-21/h4-9,11-12,14,18H,10,13H2,1-3H3,(H2,23,26)/t18-/m0/s1. The molecular weight excluding hydrogens is 370 g/mol. The highest BCUT2D eigenvalue weighted by molar-refractivity contribution is 5.75. The summed E-state index contributed by atoms with van der Waals surface area (Å²) in [7, 11) is 0. The number of aromatic nitrogens is 2. The Morgan fingerprint density at radius 3 is 2.59 bits per heavy atom. The van der Waals surface area contributed by atoms with Crippen LogP contribution in [-0.4, -0.2) is 28.9 Å². The first kappa shape index (κ1) is 20.4. The average Bonchev–Trinajstić information content (AvgIpc) is 3.20. The topological polar surface area (TPSA) is 100 Å². The Hall–Kier alpha value is -3.35. The van der Waals surface area contributed by atoms with Gasteiger partial charge >= 0.3 is 6.09 Å². The van der Waals surface area contributed by atoms with Crippen LogP contribution in [-0.2, 0) is 4.74 Å². The van der Waals surface area contributed by atoms with Crippen molar-refractivity contribution in [2.24, 2.45) is 11.7 Å². The number of amides is 1. The van der Waals surface area contributed by atoms with E-state index in [1.807, 2.05) is 51.1 Å². The van der Waals surface area contributed by atoms with Gasteiger partial charge in [-0.15, -0.1) is 0 Å². The van der Waals surface area contributed by atoms with Crippen LogP contribution in [0.15, 0.2) is 53.3 Å². The SMILES string of the molecule is Cc1cc(-c2ccc(OC[C@H](CC(C)C)OC(N)=O)c(-c3ccno3)c2)ccn1. The highest BCUT2D eigenvalue weighted by atomic mass is 16.6. The van der Waals surface area contributed by atoms with Crippen molar-refractivity contribution in [3.63, 3.8) is 0 Å². The van der Waals surface area contributed by atoms with Gasteiger partial charge in [0.05, 0.1) is 11.8 Å². The number of hydrogen-bond donors (Lipinski definition) is 1. The lowest BCUT2D eigenvalue weighted by Crippen LogP contribution is -2.29. The van der Waals surface area contributed by atoms with Crippen LogP contribution in [0.25, 0.3) is 22.5 Å². The highest BCUT2D eigenvalue weighted by Gasteiger charge is 2.18. The number of carbonyl (C=O) groups excluding carboxylic acids is 1. The zero-order chi connectivity index (χ0) is 20.8. The second-order valence-electron chi connectivity index (χ2n) is 7.27. The maximum Gasteiger partial charge on any atom is 0.404 e. The first-order valence-corrected chi connectivity index (χ1v) is 9.49. The van der Waals surface area contributed by atoms with Crippen LogP contribution in [0.4, 0.5) is 4.79 Å². The van der Waals surface area contributed by atoms with Gasteiger partial charge < -0.3 is 19.7 Å². The van der Waals surface area contributed by atoms with E-state index in [-0.39, 0.29) is 6.61 Å². The molecule has 0 radical (unpaired) electrons. The molecule has 1 aromatic carbocycles. The summed E-state index contributed by atoms with van der Waals surface area (Å²) >= 11 is 0. The lowest BCUT2D eigenvalue weighted by molar-refractivity contribution is 0.0592. The van der Waals surface area contributed by atoms with Crippen molar-refractivity contribution < 1.29 is 18.8 Å². The maximum atomic E-state index is 11.2. The normalized spacial score (nSPS) is 12.0. The number of ether oxygens (including phenoxy) is 2. The summed E-state index contributed by atoms with van der Waals surface area (Å²) in [6.45, 7) is 6.23. The predicted octanol–water partition coefficient (Wildman–Crippen LogP) is 4.60. The molecule has 2 N–H and O–H groups in total. The van der Waals surface area contributed by atoms with E-state index < -0.39 is 12.2 Å². The molecular formula is C22H25N3O4. The number of hydrogen-bond acceptors (Lipinski definition) is 6. The molecule has 0 saturated carbocycles. The van der Waals surface area contributed by atoms with Gasteiger partial charge in [0.1, 0.15) is 18.5 Å². The number of nitrogens with two attached hydrogens (primary N) is 1. The molecule has 0 bridgehead atoms. The third-order valence-electron chi connectivity index (χ3n) is 4.35. The van der Waals surface area contributed by atoms with E-state index in [0.717, 1.165) is 22.4 Å². The summed E-state index contributed by atoms with van der Waals surface area (Å²) < 4.78 is 16.6. The summed E-state index contributed by atoms with van der Waals surface area (Å²) in [6.07, 6.45) is 2.77. The van der Waals surface area contributed by atoms with Crippen molar-refractivity contribution >= 4 is 6.09 Å². The van der Waals surface area contributed by atoms with E-state index >= 15 is 0 Å². The van der Waals surface area contributed by atoms with Gasteiger partial charge in [0.2, 0.25) is 0 Å². The molecule has 3 rings (SSSR count). The van der Waals surface area contributed by atoms with Crippen LogP contribution in [0.2, 0.25) is 0 Å². The molecule has 0 fully saturated rings. The second kappa shape index (κ2) is 9.23. The molecule has 2 heterocycles. The van der Waals surface area contributed by atoms with Crippen molar-refractivity contribution in [2.45, 2.75) is 33.3 Å². The monoisotopic (exact) mass is 395 g/mol. The van der Waals surface area contributed by atoms with Crippen LogP contribution in [0.5, 0.6) is 5.75 Å². The van der Waals surface area contributed by atoms with E-state index in [1.54, 1.807) is 18.5 Å². The van der Waals surface area contributed by atoms with Crippen LogP contribution >= 0.6 is 0 Å². The fourth-order valence-electron chi connectivity index (χ4n) is 3.13. The van der Waals surface area contributed by atoms with Gasteiger partial charge in [-0.3, -0.25) is 4.98 Å². The van der Waals surface area contributed by atoms with Crippen molar-refractivity contribution in [3.05, 3.63) is 54.5 Å². The first-order valence-electron chi connectivity index (χ1n) is 9.49. The zero-order valence-corrected chi connectivity index (χ0v) is 16.8. The molecule has 1 atom stereocenters. The van der Waals surface area contributed by atoms with Crippen molar-refractivity contribution in [1.82, 2.24) is 10.1 Å². The number of carbonyl (C=O) groups is 1. The largest absolute Gasteiger partial charge is 0.489 e. The molecule has 0 unspecified atom stereocenters. The van der Waals surface area contributed by atoms with Crippen molar-refractivity contribution in [2.75, 3.05) is 6.61 Å². The molecule has 7 heteroatoms. The minimum Gasteiger partial charge on any atom is -0.489 e. The summed E-state index contributed by atoms with van der Waals surface area (Å²) in [6, 6.07) is 11.6. The quantitative estimate of drug-likeness (QED) is 0.598. The van der Waals surface area contributed by atoms with Gasteiger partial charge in [-0.1, -0.05) is 25.1 Å². The fraction of sp³-hybridized carbons (Fsp3) is 0.318. The molecule has 2 aromatic heterocycles. The predicted molar refractivity (Wildman–Crippen MR) is 109 cm³/mol. The van der Waals surface area contributed by atoms with E-state index in [9.17, 15) is 4.79 Å². The van der Waals surface area contributed by atoms with E-state index in [1.165, 1.54) is 0 Å². The molecule has 7 nitrogen and oxygen atoms in total. The Kier molecular flexibility index (Phi) is 6.49. The number of primary amides is 1. The summed E-state index contributed by atoms with van der Waals surface area (Å²) in [5.41, 5.74) is 8.93. The Morgan fingerprint density at radius 2 is 1.93 bits per heavy atom. The van der Waals surface area contributed by atoms with Crippen LogP contribution < -0.4 is 10.5 Å². The molecule has 0 aliphatic carbocycles. The van der Waals surface area contributed by atoms with E-state index in [2.05, 4.69) is 10.1 Å². The molecule has 3 aromatic rings. The van der Waals surface area contributed by atoms with Gasteiger partial charge in [-0.25, -0.2) is 4.79 Å². The molecule has 0 aliphatic heterocycles. The van der Waals surface area contributed by atoms with Crippen molar-refractivity contribution in [3.8, 4) is 28.2 Å². The fourth-order valence-corrected chi connectivity index (χ4v) is 3.13. The lowest BCUT2D eigenvalue weighted by Gasteiger charge is -2.20. The minimum absolute atomic E-state index is 0.190. The molecule has 152 valence electrons. The van der Waals surface area contributed by atoms with Gasteiger partial charge in [0, 0.05) is 18.0 Å². The average molecular weight is 395 g/mol. The Balaban J connectivity index is 1.88. The number of nitrogens with zero attached hydrogens (tertiary/aromatic N) is 2. The Bertz CT molecular complexity index is 954. The van der Waals surface area contributed by atoms with E-state index in [0.29, 0.717) is 23.8 Å².